The van der Waals surface area contributed by atoms with Crippen LogP contribution in [0.1, 0.15) is 31.2 Å². The van der Waals surface area contributed by atoms with Crippen molar-refractivity contribution in [3.8, 4) is 5.75 Å². The van der Waals surface area contributed by atoms with Crippen LogP contribution in [0.25, 0.3) is 0 Å². The number of nitrogens with one attached hydrogen (secondary N) is 1. The minimum Gasteiger partial charge on any atom is -0.497 e. The molecule has 7 heteroatoms. The number of hydrogen-bond donors (Lipinski definition) is 1. The van der Waals surface area contributed by atoms with Crippen LogP contribution in [0.15, 0.2) is 42.5 Å². The molecule has 1 saturated carbocycles. The number of nitrogens with zero attached hydrogens (tertiary/aromatic N) is 2. The van der Waals surface area contributed by atoms with E-state index in [1.165, 1.54) is 12.0 Å². The van der Waals surface area contributed by atoms with Gasteiger partial charge in [0, 0.05) is 53.0 Å². The molecule has 174 valence electrons. The second-order valence-electron chi connectivity index (χ2n) is 10.0. The Labute approximate surface area is 205 Å². The van der Waals surface area contributed by atoms with Crippen LogP contribution in [-0.2, 0) is 11.3 Å². The first-order valence-corrected chi connectivity index (χ1v) is 12.7. The lowest BCUT2D eigenvalue weighted by molar-refractivity contribution is -0.125. The topological polar surface area (TPSA) is 44.8 Å². The van der Waals surface area contributed by atoms with Crippen molar-refractivity contribution in [2.75, 3.05) is 18.6 Å². The van der Waals surface area contributed by atoms with Gasteiger partial charge in [0.15, 0.2) is 0 Å². The Morgan fingerprint density at radius 3 is 2.55 bits per heavy atom. The van der Waals surface area contributed by atoms with Crippen LogP contribution in [0.2, 0.25) is 10.0 Å². The van der Waals surface area contributed by atoms with Gasteiger partial charge in [0.05, 0.1) is 13.0 Å². The summed E-state index contributed by atoms with van der Waals surface area (Å²) in [4.78, 5) is 18.3. The van der Waals surface area contributed by atoms with Crippen molar-refractivity contribution in [1.29, 1.82) is 0 Å². The summed E-state index contributed by atoms with van der Waals surface area (Å²) in [5, 5.41) is 4.74. The van der Waals surface area contributed by atoms with Crippen molar-refractivity contribution < 1.29 is 9.53 Å². The first kappa shape index (κ1) is 21.6. The van der Waals surface area contributed by atoms with Gasteiger partial charge in [-0.2, -0.15) is 0 Å². The second-order valence-corrected chi connectivity index (χ2v) is 10.9. The molecule has 0 spiro atoms. The van der Waals surface area contributed by atoms with Crippen molar-refractivity contribution in [3.63, 3.8) is 0 Å². The maximum atomic E-state index is 13.3. The van der Waals surface area contributed by atoms with E-state index in [9.17, 15) is 4.79 Å². The third kappa shape index (κ3) is 3.98. The highest BCUT2D eigenvalue weighted by Crippen LogP contribution is 2.51. The van der Waals surface area contributed by atoms with Gasteiger partial charge in [-0.1, -0.05) is 35.3 Å². The molecule has 33 heavy (non-hydrogen) atoms. The maximum Gasteiger partial charge on any atom is 0.225 e. The third-order valence-corrected chi connectivity index (χ3v) is 8.60. The molecule has 6 rings (SSSR count). The minimum atomic E-state index is 0.0434. The van der Waals surface area contributed by atoms with E-state index >= 15 is 0 Å². The standard InChI is InChI=1S/C26H29Cl2N3O2/c1-33-20-5-2-15(3-6-20)13-30-18-4-7-24(30)23(11-18)29-26(32)22-14-31(25-12-21(22)25)19-9-16(27)8-17(28)10-19/h2-3,5-6,8-10,18,21-25H,4,7,11-14H2,1H3,(H,29,32)/t18-,21-,22?,23+,24+,25-/m0/s1. The van der Waals surface area contributed by atoms with E-state index in [1.807, 2.05) is 24.3 Å². The largest absolute Gasteiger partial charge is 0.497 e. The van der Waals surface area contributed by atoms with E-state index in [2.05, 4.69) is 27.2 Å². The first-order valence-electron chi connectivity index (χ1n) is 11.9. The van der Waals surface area contributed by atoms with Crippen LogP contribution in [0.4, 0.5) is 5.69 Å². The smallest absolute Gasteiger partial charge is 0.225 e. The average molecular weight is 486 g/mol. The minimum absolute atomic E-state index is 0.0434. The Bertz CT molecular complexity index is 1040. The van der Waals surface area contributed by atoms with Gasteiger partial charge >= 0.3 is 0 Å². The normalized spacial score (nSPS) is 32.2. The molecule has 0 aromatic heterocycles. The number of benzene rings is 2. The van der Waals surface area contributed by atoms with Crippen molar-refractivity contribution in [1.82, 2.24) is 10.2 Å². The maximum absolute atomic E-state index is 13.3. The molecule has 2 aromatic carbocycles. The molecule has 1 aliphatic carbocycles. The molecule has 1 amide bonds. The van der Waals surface area contributed by atoms with Crippen LogP contribution in [0, 0.1) is 11.8 Å². The number of carbonyl (C=O) groups is 1. The Morgan fingerprint density at radius 1 is 1.06 bits per heavy atom. The molecule has 5 nitrogen and oxygen atoms in total. The molecule has 1 N–H and O–H groups in total. The first-order chi connectivity index (χ1) is 16.0. The summed E-state index contributed by atoms with van der Waals surface area (Å²) >= 11 is 12.4. The van der Waals surface area contributed by atoms with Gasteiger partial charge in [-0.25, -0.2) is 0 Å². The summed E-state index contributed by atoms with van der Waals surface area (Å²) in [6.07, 6.45) is 4.52. The van der Waals surface area contributed by atoms with Gasteiger partial charge < -0.3 is 15.0 Å². The van der Waals surface area contributed by atoms with Crippen LogP contribution in [0.3, 0.4) is 0 Å². The van der Waals surface area contributed by atoms with E-state index in [4.69, 9.17) is 27.9 Å². The molecule has 0 radical (unpaired) electrons. The molecule has 4 fully saturated rings. The van der Waals surface area contributed by atoms with Crippen molar-refractivity contribution >= 4 is 34.8 Å². The van der Waals surface area contributed by atoms with Crippen molar-refractivity contribution in [2.45, 2.75) is 56.4 Å². The summed E-state index contributed by atoms with van der Waals surface area (Å²) < 4.78 is 5.29. The number of piperidine rings is 1. The number of methoxy groups -OCH3 is 1. The quantitative estimate of drug-likeness (QED) is 0.641. The van der Waals surface area contributed by atoms with Gasteiger partial charge in [-0.05, 0) is 67.5 Å². The highest BCUT2D eigenvalue weighted by Gasteiger charge is 2.56. The Hall–Kier alpha value is -1.95. The van der Waals surface area contributed by atoms with Gasteiger partial charge in [-0.3, -0.25) is 9.69 Å². The number of fused-ring (bicyclic) bond motifs is 3. The predicted octanol–water partition coefficient (Wildman–Crippen LogP) is 4.75. The summed E-state index contributed by atoms with van der Waals surface area (Å²) in [7, 11) is 1.69. The molecule has 2 bridgehead atoms. The summed E-state index contributed by atoms with van der Waals surface area (Å²) in [6, 6.07) is 15.7. The fraction of sp³-hybridized carbons (Fsp3) is 0.500. The summed E-state index contributed by atoms with van der Waals surface area (Å²) in [6.45, 7) is 1.68. The summed E-state index contributed by atoms with van der Waals surface area (Å²) in [5.41, 5.74) is 2.33. The summed E-state index contributed by atoms with van der Waals surface area (Å²) in [5.74, 6) is 1.59. The number of carbonyl (C=O) groups excluding carboxylic acids is 1. The van der Waals surface area contributed by atoms with E-state index in [1.54, 1.807) is 13.2 Å². The molecular weight excluding hydrogens is 457 g/mol. The lowest BCUT2D eigenvalue weighted by atomic mass is 9.94. The molecular formula is C26H29Cl2N3O2. The zero-order valence-electron chi connectivity index (χ0n) is 18.7. The Balaban J connectivity index is 1.10. The molecule has 3 heterocycles. The number of rotatable bonds is 6. The van der Waals surface area contributed by atoms with E-state index in [0.717, 1.165) is 43.8 Å². The number of anilines is 1. The average Bonchev–Trinajstić information content (AvgIpc) is 3.20. The highest BCUT2D eigenvalue weighted by molar-refractivity contribution is 6.35. The van der Waals surface area contributed by atoms with E-state index < -0.39 is 0 Å². The molecule has 1 unspecified atom stereocenters. The second kappa shape index (κ2) is 8.37. The molecule has 6 atom stereocenters. The van der Waals surface area contributed by atoms with Gasteiger partial charge in [0.2, 0.25) is 5.91 Å². The third-order valence-electron chi connectivity index (χ3n) is 8.16. The molecule has 3 saturated heterocycles. The fourth-order valence-corrected chi connectivity index (χ4v) is 7.00. The van der Waals surface area contributed by atoms with Crippen LogP contribution >= 0.6 is 23.2 Å². The Kier molecular flexibility index (Phi) is 5.47. The zero-order valence-corrected chi connectivity index (χ0v) is 20.2. The highest BCUT2D eigenvalue weighted by atomic mass is 35.5. The van der Waals surface area contributed by atoms with Crippen LogP contribution in [-0.4, -0.2) is 48.6 Å². The fourth-order valence-electron chi connectivity index (χ4n) is 6.49. The van der Waals surface area contributed by atoms with Crippen LogP contribution < -0.4 is 15.0 Å². The monoisotopic (exact) mass is 485 g/mol. The lowest BCUT2D eigenvalue weighted by Gasteiger charge is -2.27. The van der Waals surface area contributed by atoms with Crippen LogP contribution in [0.5, 0.6) is 5.75 Å². The van der Waals surface area contributed by atoms with E-state index in [0.29, 0.717) is 34.1 Å². The molecule has 2 aromatic rings. The van der Waals surface area contributed by atoms with E-state index in [-0.39, 0.29) is 17.9 Å². The van der Waals surface area contributed by atoms with Gasteiger partial charge in [0.1, 0.15) is 5.75 Å². The van der Waals surface area contributed by atoms with Crippen molar-refractivity contribution in [2.24, 2.45) is 11.8 Å². The zero-order chi connectivity index (χ0) is 22.7. The number of ether oxygens (including phenoxy) is 1. The SMILES string of the molecule is COc1ccc(CN2[C@H]3CC[C@@H]2[C@H](NC(=O)C2CN(c4cc(Cl)cc(Cl)c4)[C@H]4C[C@@H]24)C3)cc1. The van der Waals surface area contributed by atoms with Crippen molar-refractivity contribution in [3.05, 3.63) is 58.1 Å². The molecule has 4 aliphatic rings. The molecule has 3 aliphatic heterocycles. The number of hydrogen-bond acceptors (Lipinski definition) is 4. The Morgan fingerprint density at radius 2 is 1.82 bits per heavy atom. The van der Waals surface area contributed by atoms with Gasteiger partial charge in [-0.15, -0.1) is 0 Å². The lowest BCUT2D eigenvalue weighted by Crippen LogP contribution is -2.47. The predicted molar refractivity (Wildman–Crippen MR) is 131 cm³/mol. The number of amides is 1. The number of halogens is 2. The van der Waals surface area contributed by atoms with Gasteiger partial charge in [0.25, 0.3) is 0 Å².